The summed E-state index contributed by atoms with van der Waals surface area (Å²) in [5.74, 6) is 0.880. The molecule has 1 aliphatic carbocycles. The lowest BCUT2D eigenvalue weighted by Gasteiger charge is -2.14. The Morgan fingerprint density at radius 2 is 1.95 bits per heavy atom. The molecule has 0 aliphatic heterocycles. The first kappa shape index (κ1) is 14.8. The van der Waals surface area contributed by atoms with Crippen molar-refractivity contribution < 1.29 is 4.79 Å². The molecule has 1 aromatic carbocycles. The molecule has 2 nitrogen and oxygen atoms in total. The molecule has 0 radical (unpaired) electrons. The predicted octanol–water partition coefficient (Wildman–Crippen LogP) is 4.38. The lowest BCUT2D eigenvalue weighted by molar-refractivity contribution is 0.0951. The molecule has 2 rings (SSSR count). The fourth-order valence-electron chi connectivity index (χ4n) is 2.77. The van der Waals surface area contributed by atoms with Crippen molar-refractivity contribution in [2.24, 2.45) is 5.92 Å². The van der Waals surface area contributed by atoms with Crippen LogP contribution >= 0.6 is 22.6 Å². The van der Waals surface area contributed by atoms with E-state index < -0.39 is 0 Å². The van der Waals surface area contributed by atoms with E-state index in [9.17, 15) is 4.79 Å². The number of halogens is 1. The Hall–Kier alpha value is -0.580. The first-order valence-electron chi connectivity index (χ1n) is 7.29. The highest BCUT2D eigenvalue weighted by Gasteiger charge is 2.12. The van der Waals surface area contributed by atoms with E-state index >= 15 is 0 Å². The fourth-order valence-corrected chi connectivity index (χ4v) is 3.32. The van der Waals surface area contributed by atoms with Crippen LogP contribution in [0.1, 0.15) is 55.3 Å². The molecule has 3 heteroatoms. The van der Waals surface area contributed by atoms with Crippen molar-refractivity contribution >= 4 is 28.5 Å². The molecule has 0 spiro atoms. The second kappa shape index (κ2) is 7.88. The van der Waals surface area contributed by atoms with E-state index in [1.165, 1.54) is 38.5 Å². The average Bonchev–Trinajstić information content (AvgIpc) is 2.67. The van der Waals surface area contributed by atoms with Crippen molar-refractivity contribution in [3.63, 3.8) is 0 Å². The highest BCUT2D eigenvalue weighted by Crippen LogP contribution is 2.24. The third-order valence-corrected chi connectivity index (χ3v) is 4.57. The van der Waals surface area contributed by atoms with E-state index in [4.69, 9.17) is 0 Å². The summed E-state index contributed by atoms with van der Waals surface area (Å²) >= 11 is 2.24. The minimum atomic E-state index is 0.0622. The Labute approximate surface area is 129 Å². The van der Waals surface area contributed by atoms with Crippen LogP contribution in [0.15, 0.2) is 24.3 Å². The number of benzene rings is 1. The van der Waals surface area contributed by atoms with Crippen molar-refractivity contribution in [1.29, 1.82) is 0 Å². The van der Waals surface area contributed by atoms with Crippen molar-refractivity contribution in [2.45, 2.75) is 44.9 Å². The first-order valence-corrected chi connectivity index (χ1v) is 8.37. The molecular formula is C16H22INO. The van der Waals surface area contributed by atoms with Crippen LogP contribution in [-0.4, -0.2) is 12.5 Å². The number of carbonyl (C=O) groups excluding carboxylic acids is 1. The Balaban J connectivity index is 1.74. The van der Waals surface area contributed by atoms with Gasteiger partial charge in [-0.25, -0.2) is 0 Å². The SMILES string of the molecule is O=C(NCCC1CCCCCC1)c1cccc(I)c1. The van der Waals surface area contributed by atoms with E-state index in [-0.39, 0.29) is 5.91 Å². The smallest absolute Gasteiger partial charge is 0.251 e. The minimum absolute atomic E-state index is 0.0622. The summed E-state index contributed by atoms with van der Waals surface area (Å²) in [6, 6.07) is 7.75. The predicted molar refractivity (Wildman–Crippen MR) is 87.3 cm³/mol. The molecule has 0 unspecified atom stereocenters. The summed E-state index contributed by atoms with van der Waals surface area (Å²) in [5, 5.41) is 3.05. The van der Waals surface area contributed by atoms with Crippen molar-refractivity contribution in [1.82, 2.24) is 5.32 Å². The summed E-state index contributed by atoms with van der Waals surface area (Å²) in [6.45, 7) is 0.814. The number of rotatable bonds is 4. The Morgan fingerprint density at radius 3 is 2.63 bits per heavy atom. The molecule has 1 saturated carbocycles. The fraction of sp³-hybridized carbons (Fsp3) is 0.562. The molecule has 0 bridgehead atoms. The molecule has 1 fully saturated rings. The molecule has 1 aromatic rings. The number of hydrogen-bond donors (Lipinski definition) is 1. The number of nitrogens with one attached hydrogen (secondary N) is 1. The highest BCUT2D eigenvalue weighted by molar-refractivity contribution is 14.1. The molecule has 19 heavy (non-hydrogen) atoms. The zero-order valence-corrected chi connectivity index (χ0v) is 13.5. The van der Waals surface area contributed by atoms with Gasteiger partial charge < -0.3 is 5.32 Å². The van der Waals surface area contributed by atoms with Crippen molar-refractivity contribution in [3.05, 3.63) is 33.4 Å². The summed E-state index contributed by atoms with van der Waals surface area (Å²) in [7, 11) is 0. The lowest BCUT2D eigenvalue weighted by atomic mass is 9.97. The highest BCUT2D eigenvalue weighted by atomic mass is 127. The third-order valence-electron chi connectivity index (χ3n) is 3.90. The molecule has 0 saturated heterocycles. The monoisotopic (exact) mass is 371 g/mol. The van der Waals surface area contributed by atoms with Crippen LogP contribution in [0.3, 0.4) is 0 Å². The second-order valence-corrected chi connectivity index (χ2v) is 6.66. The summed E-state index contributed by atoms with van der Waals surface area (Å²) in [4.78, 5) is 12.0. The maximum absolute atomic E-state index is 12.0. The molecule has 0 aromatic heterocycles. The normalized spacial score (nSPS) is 16.9. The quantitative estimate of drug-likeness (QED) is 0.618. The number of amides is 1. The van der Waals surface area contributed by atoms with Crippen LogP contribution in [0.25, 0.3) is 0 Å². The van der Waals surface area contributed by atoms with Crippen LogP contribution in [0.4, 0.5) is 0 Å². The lowest BCUT2D eigenvalue weighted by Crippen LogP contribution is -2.26. The van der Waals surface area contributed by atoms with Gasteiger partial charge >= 0.3 is 0 Å². The largest absolute Gasteiger partial charge is 0.352 e. The zero-order chi connectivity index (χ0) is 13.5. The van der Waals surface area contributed by atoms with E-state index in [0.29, 0.717) is 0 Å². The second-order valence-electron chi connectivity index (χ2n) is 5.41. The van der Waals surface area contributed by atoms with Gasteiger partial charge in [0, 0.05) is 15.7 Å². The molecular weight excluding hydrogens is 349 g/mol. The van der Waals surface area contributed by atoms with Crippen molar-refractivity contribution in [3.8, 4) is 0 Å². The molecule has 1 N–H and O–H groups in total. The molecule has 0 heterocycles. The van der Waals surface area contributed by atoms with Gasteiger partial charge in [0.2, 0.25) is 0 Å². The van der Waals surface area contributed by atoms with Gasteiger partial charge in [0.15, 0.2) is 0 Å². The van der Waals surface area contributed by atoms with Crippen LogP contribution < -0.4 is 5.32 Å². The van der Waals surface area contributed by atoms with E-state index in [0.717, 1.165) is 28.0 Å². The first-order chi connectivity index (χ1) is 9.25. The van der Waals surface area contributed by atoms with Crippen LogP contribution in [0.2, 0.25) is 0 Å². The van der Waals surface area contributed by atoms with Gasteiger partial charge in [-0.2, -0.15) is 0 Å². The molecule has 1 amide bonds. The van der Waals surface area contributed by atoms with Gasteiger partial charge in [-0.15, -0.1) is 0 Å². The van der Waals surface area contributed by atoms with Gasteiger partial charge in [-0.1, -0.05) is 44.6 Å². The van der Waals surface area contributed by atoms with E-state index in [1.54, 1.807) is 0 Å². The van der Waals surface area contributed by atoms with Crippen molar-refractivity contribution in [2.75, 3.05) is 6.54 Å². The topological polar surface area (TPSA) is 29.1 Å². The molecule has 104 valence electrons. The number of carbonyl (C=O) groups is 1. The zero-order valence-electron chi connectivity index (χ0n) is 11.3. The van der Waals surface area contributed by atoms with Gasteiger partial charge in [-0.3, -0.25) is 4.79 Å². The Morgan fingerprint density at radius 1 is 1.21 bits per heavy atom. The van der Waals surface area contributed by atoms with Gasteiger partial charge in [-0.05, 0) is 53.1 Å². The summed E-state index contributed by atoms with van der Waals surface area (Å²) < 4.78 is 1.11. The molecule has 0 atom stereocenters. The van der Waals surface area contributed by atoms with E-state index in [2.05, 4.69) is 27.9 Å². The van der Waals surface area contributed by atoms with Gasteiger partial charge in [0.25, 0.3) is 5.91 Å². The Kier molecular flexibility index (Phi) is 6.14. The summed E-state index contributed by atoms with van der Waals surface area (Å²) in [5.41, 5.74) is 0.771. The average molecular weight is 371 g/mol. The van der Waals surface area contributed by atoms with Crippen LogP contribution in [-0.2, 0) is 0 Å². The Bertz CT molecular complexity index is 411. The van der Waals surface area contributed by atoms with Crippen LogP contribution in [0, 0.1) is 9.49 Å². The minimum Gasteiger partial charge on any atom is -0.352 e. The summed E-state index contributed by atoms with van der Waals surface area (Å²) in [6.07, 6.45) is 9.36. The van der Waals surface area contributed by atoms with Gasteiger partial charge in [0.1, 0.15) is 0 Å². The standard InChI is InChI=1S/C16H22INO/c17-15-9-5-8-14(12-15)16(19)18-11-10-13-6-3-1-2-4-7-13/h5,8-9,12-13H,1-4,6-7,10-11H2,(H,18,19). The van der Waals surface area contributed by atoms with E-state index in [1.807, 2.05) is 24.3 Å². The van der Waals surface area contributed by atoms with Gasteiger partial charge in [0.05, 0.1) is 0 Å². The number of hydrogen-bond acceptors (Lipinski definition) is 1. The molecule has 1 aliphatic rings. The maximum atomic E-state index is 12.0. The maximum Gasteiger partial charge on any atom is 0.251 e. The van der Waals surface area contributed by atoms with Crippen LogP contribution in [0.5, 0.6) is 0 Å². The third kappa shape index (κ3) is 5.13.